The maximum absolute atomic E-state index is 13.3. The van der Waals surface area contributed by atoms with Gasteiger partial charge in [0.1, 0.15) is 6.33 Å². The fourth-order valence-corrected chi connectivity index (χ4v) is 4.37. The van der Waals surface area contributed by atoms with Crippen molar-refractivity contribution in [1.82, 2.24) is 14.9 Å². The Kier molecular flexibility index (Phi) is 4.35. The van der Waals surface area contributed by atoms with E-state index < -0.39 is 5.41 Å². The molecule has 1 aromatic heterocycles. The van der Waals surface area contributed by atoms with Gasteiger partial charge in [-0.3, -0.25) is 4.79 Å². The van der Waals surface area contributed by atoms with Gasteiger partial charge in [-0.15, -0.1) is 0 Å². The van der Waals surface area contributed by atoms with Gasteiger partial charge in [0.05, 0.1) is 29.7 Å². The molecule has 1 aromatic carbocycles. The molecule has 0 saturated carbocycles. The minimum Gasteiger partial charge on any atom is -0.376 e. The molecule has 0 bridgehead atoms. The number of hydrogen-bond donors (Lipinski definition) is 0. The SMILES string of the molecule is CC(C)(C(=O)N1CC[C@@]2(COCc3cncnc32)C1)c1ccc(Br)cc1. The van der Waals surface area contributed by atoms with Crippen molar-refractivity contribution < 1.29 is 9.53 Å². The summed E-state index contributed by atoms with van der Waals surface area (Å²) in [6.07, 6.45) is 4.31. The van der Waals surface area contributed by atoms with Gasteiger partial charge in [0.25, 0.3) is 0 Å². The van der Waals surface area contributed by atoms with Gasteiger partial charge in [-0.05, 0) is 38.0 Å². The number of rotatable bonds is 2. The van der Waals surface area contributed by atoms with E-state index in [1.807, 2.05) is 49.2 Å². The molecule has 6 heteroatoms. The molecule has 1 spiro atoms. The molecule has 1 amide bonds. The zero-order chi connectivity index (χ0) is 18.4. The third kappa shape index (κ3) is 2.85. The minimum absolute atomic E-state index is 0.151. The molecule has 4 rings (SSSR count). The predicted molar refractivity (Wildman–Crippen MR) is 102 cm³/mol. The van der Waals surface area contributed by atoms with E-state index in [1.165, 1.54) is 0 Å². The summed E-state index contributed by atoms with van der Waals surface area (Å²) >= 11 is 3.46. The number of halogens is 1. The number of benzene rings is 1. The van der Waals surface area contributed by atoms with Crippen LogP contribution in [-0.2, 0) is 27.0 Å². The second-order valence-corrected chi connectivity index (χ2v) is 8.69. The number of amides is 1. The molecule has 1 fully saturated rings. The first-order chi connectivity index (χ1) is 12.4. The first-order valence-electron chi connectivity index (χ1n) is 8.85. The average molecular weight is 416 g/mol. The van der Waals surface area contributed by atoms with Crippen LogP contribution in [0.1, 0.15) is 37.1 Å². The summed E-state index contributed by atoms with van der Waals surface area (Å²) in [5.74, 6) is 0.151. The summed E-state index contributed by atoms with van der Waals surface area (Å²) < 4.78 is 6.84. The fourth-order valence-electron chi connectivity index (χ4n) is 4.11. The molecule has 3 heterocycles. The normalized spacial score (nSPS) is 22.5. The van der Waals surface area contributed by atoms with Gasteiger partial charge in [0.15, 0.2) is 0 Å². The number of carbonyl (C=O) groups excluding carboxylic acids is 1. The van der Waals surface area contributed by atoms with E-state index >= 15 is 0 Å². The molecule has 0 radical (unpaired) electrons. The first-order valence-corrected chi connectivity index (χ1v) is 9.64. The van der Waals surface area contributed by atoms with Crippen molar-refractivity contribution in [3.05, 3.63) is 58.1 Å². The van der Waals surface area contributed by atoms with Gasteiger partial charge in [-0.25, -0.2) is 9.97 Å². The molecule has 0 N–H and O–H groups in total. The molecule has 2 aromatic rings. The van der Waals surface area contributed by atoms with E-state index in [2.05, 4.69) is 25.9 Å². The Hall–Kier alpha value is -1.79. The lowest BCUT2D eigenvalue weighted by atomic mass is 9.80. The maximum Gasteiger partial charge on any atom is 0.232 e. The molecule has 0 aliphatic carbocycles. The number of aromatic nitrogens is 2. The topological polar surface area (TPSA) is 55.3 Å². The van der Waals surface area contributed by atoms with E-state index in [-0.39, 0.29) is 11.3 Å². The number of fused-ring (bicyclic) bond motifs is 2. The predicted octanol–water partition coefficient (Wildman–Crippen LogP) is 3.22. The maximum atomic E-state index is 13.3. The van der Waals surface area contributed by atoms with Crippen LogP contribution in [0.25, 0.3) is 0 Å². The molecule has 136 valence electrons. The largest absolute Gasteiger partial charge is 0.376 e. The Morgan fingerprint density at radius 1 is 1.31 bits per heavy atom. The van der Waals surface area contributed by atoms with Gasteiger partial charge in [-0.1, -0.05) is 28.1 Å². The van der Waals surface area contributed by atoms with E-state index in [0.717, 1.165) is 34.3 Å². The van der Waals surface area contributed by atoms with Crippen molar-refractivity contribution in [2.45, 2.75) is 37.7 Å². The van der Waals surface area contributed by atoms with Crippen LogP contribution in [-0.4, -0.2) is 40.5 Å². The Morgan fingerprint density at radius 3 is 2.85 bits per heavy atom. The highest BCUT2D eigenvalue weighted by atomic mass is 79.9. The monoisotopic (exact) mass is 415 g/mol. The van der Waals surface area contributed by atoms with Crippen LogP contribution >= 0.6 is 15.9 Å². The molecule has 5 nitrogen and oxygen atoms in total. The van der Waals surface area contributed by atoms with Crippen molar-refractivity contribution in [2.24, 2.45) is 0 Å². The Labute approximate surface area is 161 Å². The van der Waals surface area contributed by atoms with Crippen LogP contribution in [0.5, 0.6) is 0 Å². The number of carbonyl (C=O) groups is 1. The van der Waals surface area contributed by atoms with Crippen molar-refractivity contribution >= 4 is 21.8 Å². The minimum atomic E-state index is -0.573. The number of ether oxygens (including phenoxy) is 1. The lowest BCUT2D eigenvalue weighted by Crippen LogP contribution is -2.46. The number of hydrogen-bond acceptors (Lipinski definition) is 4. The van der Waals surface area contributed by atoms with E-state index in [0.29, 0.717) is 19.8 Å². The fraction of sp³-hybridized carbons (Fsp3) is 0.450. The van der Waals surface area contributed by atoms with Gasteiger partial charge in [0.2, 0.25) is 5.91 Å². The standard InChI is InChI=1S/C20H22BrN3O2/c1-19(2,15-3-5-16(21)6-4-15)18(25)24-8-7-20(11-24)12-26-10-14-9-22-13-23-17(14)20/h3-6,9,13H,7-8,10-12H2,1-2H3/t20-/m0/s1. The van der Waals surface area contributed by atoms with Gasteiger partial charge in [-0.2, -0.15) is 0 Å². The van der Waals surface area contributed by atoms with Gasteiger partial charge >= 0.3 is 0 Å². The summed E-state index contributed by atoms with van der Waals surface area (Å²) in [6.45, 7) is 6.53. The molecular formula is C20H22BrN3O2. The van der Waals surface area contributed by atoms with Crippen LogP contribution in [0.2, 0.25) is 0 Å². The molecule has 0 unspecified atom stereocenters. The molecule has 1 atom stereocenters. The summed E-state index contributed by atoms with van der Waals surface area (Å²) in [6, 6.07) is 8.00. The third-order valence-electron chi connectivity index (χ3n) is 5.67. The van der Waals surface area contributed by atoms with Gasteiger partial charge < -0.3 is 9.64 Å². The molecular weight excluding hydrogens is 394 g/mol. The zero-order valence-electron chi connectivity index (χ0n) is 15.0. The molecule has 2 aliphatic heterocycles. The Bertz CT molecular complexity index is 837. The van der Waals surface area contributed by atoms with E-state index in [9.17, 15) is 4.79 Å². The van der Waals surface area contributed by atoms with E-state index in [4.69, 9.17) is 4.74 Å². The van der Waals surface area contributed by atoms with Crippen LogP contribution in [0.3, 0.4) is 0 Å². The summed E-state index contributed by atoms with van der Waals surface area (Å²) in [5, 5.41) is 0. The second kappa shape index (κ2) is 6.43. The third-order valence-corrected chi connectivity index (χ3v) is 6.20. The molecule has 26 heavy (non-hydrogen) atoms. The summed E-state index contributed by atoms with van der Waals surface area (Å²) in [4.78, 5) is 24.0. The van der Waals surface area contributed by atoms with Crippen molar-refractivity contribution in [3.63, 3.8) is 0 Å². The van der Waals surface area contributed by atoms with Crippen molar-refractivity contribution in [3.8, 4) is 0 Å². The first kappa shape index (κ1) is 17.6. The number of nitrogens with zero attached hydrogens (tertiary/aromatic N) is 3. The second-order valence-electron chi connectivity index (χ2n) is 7.78. The van der Waals surface area contributed by atoms with Crippen LogP contribution in [0.4, 0.5) is 0 Å². The highest BCUT2D eigenvalue weighted by molar-refractivity contribution is 9.10. The summed E-state index contributed by atoms with van der Waals surface area (Å²) in [7, 11) is 0. The van der Waals surface area contributed by atoms with Crippen molar-refractivity contribution in [1.29, 1.82) is 0 Å². The molecule has 1 saturated heterocycles. The lowest BCUT2D eigenvalue weighted by molar-refractivity contribution is -0.135. The number of likely N-dealkylation sites (tertiary alicyclic amines) is 1. The summed E-state index contributed by atoms with van der Waals surface area (Å²) in [5.41, 5.74) is 2.34. The Balaban J connectivity index is 1.59. The van der Waals surface area contributed by atoms with Crippen LogP contribution in [0.15, 0.2) is 41.3 Å². The van der Waals surface area contributed by atoms with Gasteiger partial charge in [0, 0.05) is 29.3 Å². The zero-order valence-corrected chi connectivity index (χ0v) is 16.6. The lowest BCUT2D eigenvalue weighted by Gasteiger charge is -2.35. The van der Waals surface area contributed by atoms with Crippen LogP contribution in [0, 0.1) is 0 Å². The smallest absolute Gasteiger partial charge is 0.232 e. The highest BCUT2D eigenvalue weighted by Crippen LogP contribution is 2.40. The van der Waals surface area contributed by atoms with E-state index in [1.54, 1.807) is 6.33 Å². The molecule has 2 aliphatic rings. The quantitative estimate of drug-likeness (QED) is 0.755. The average Bonchev–Trinajstić information content (AvgIpc) is 3.06. The highest BCUT2D eigenvalue weighted by Gasteiger charge is 2.48. The van der Waals surface area contributed by atoms with Crippen molar-refractivity contribution in [2.75, 3.05) is 19.7 Å². The van der Waals surface area contributed by atoms with Crippen LogP contribution < -0.4 is 0 Å². The Morgan fingerprint density at radius 2 is 2.08 bits per heavy atom.